The van der Waals surface area contributed by atoms with Crippen molar-refractivity contribution in [2.75, 3.05) is 5.32 Å². The summed E-state index contributed by atoms with van der Waals surface area (Å²) in [6.07, 6.45) is 6.14. The predicted octanol–water partition coefficient (Wildman–Crippen LogP) is 3.55. The number of benzene rings is 1. The fourth-order valence-corrected chi connectivity index (χ4v) is 3.00. The molecule has 3 rings (SSSR count). The Morgan fingerprint density at radius 3 is 2.76 bits per heavy atom. The highest BCUT2D eigenvalue weighted by molar-refractivity contribution is 7.15. The minimum absolute atomic E-state index is 0.570. The monoisotopic (exact) mass is 319 g/mol. The Morgan fingerprint density at radius 1 is 1.29 bits per heavy atom. The van der Waals surface area contributed by atoms with Crippen molar-refractivity contribution >= 4 is 28.6 Å². The van der Waals surface area contributed by atoms with Crippen LogP contribution in [0.3, 0.4) is 0 Å². The predicted molar refractivity (Wildman–Crippen MR) is 85.2 cm³/mol. The Kier molecular flexibility index (Phi) is 4.17. The molecule has 0 spiro atoms. The minimum atomic E-state index is 0.570. The van der Waals surface area contributed by atoms with E-state index in [0.717, 1.165) is 22.7 Å². The third-order valence-electron chi connectivity index (χ3n) is 3.17. The summed E-state index contributed by atoms with van der Waals surface area (Å²) < 4.78 is 2.45. The standard InChI is InChI=1S/C14H14ClN5S/c1-2-10-3-4-11(20-8-18-19-9-20)5-13(10)16-6-12-7-17-14(15)21-12/h3-5,7-9,16H,2,6H2,1H3. The first-order chi connectivity index (χ1) is 10.3. The molecular formula is C14H14ClN5S. The lowest BCUT2D eigenvalue weighted by Crippen LogP contribution is -2.02. The number of nitrogens with zero attached hydrogens (tertiary/aromatic N) is 4. The van der Waals surface area contributed by atoms with Crippen molar-refractivity contribution in [1.82, 2.24) is 19.7 Å². The van der Waals surface area contributed by atoms with Gasteiger partial charge in [0.1, 0.15) is 12.7 Å². The lowest BCUT2D eigenvalue weighted by Gasteiger charge is -2.12. The van der Waals surface area contributed by atoms with Crippen molar-refractivity contribution in [3.63, 3.8) is 0 Å². The molecular weight excluding hydrogens is 306 g/mol. The molecule has 5 nitrogen and oxygen atoms in total. The molecule has 0 unspecified atom stereocenters. The molecule has 2 heterocycles. The topological polar surface area (TPSA) is 55.6 Å². The Morgan fingerprint density at radius 2 is 2.10 bits per heavy atom. The first kappa shape index (κ1) is 14.0. The molecule has 0 aliphatic heterocycles. The molecule has 0 fully saturated rings. The zero-order valence-electron chi connectivity index (χ0n) is 11.5. The molecule has 1 aromatic carbocycles. The van der Waals surface area contributed by atoms with Gasteiger partial charge in [-0.1, -0.05) is 24.6 Å². The van der Waals surface area contributed by atoms with Crippen molar-refractivity contribution < 1.29 is 0 Å². The van der Waals surface area contributed by atoms with Gasteiger partial charge < -0.3 is 5.32 Å². The summed E-state index contributed by atoms with van der Waals surface area (Å²) in [6, 6.07) is 6.29. The third kappa shape index (κ3) is 3.22. The van der Waals surface area contributed by atoms with Crippen LogP contribution in [-0.4, -0.2) is 19.7 Å². The van der Waals surface area contributed by atoms with Crippen molar-refractivity contribution in [2.45, 2.75) is 19.9 Å². The molecule has 0 aliphatic carbocycles. The molecule has 7 heteroatoms. The number of nitrogens with one attached hydrogen (secondary N) is 1. The van der Waals surface area contributed by atoms with Gasteiger partial charge in [0.25, 0.3) is 0 Å². The fraction of sp³-hybridized carbons (Fsp3) is 0.214. The number of halogens is 1. The van der Waals surface area contributed by atoms with E-state index in [-0.39, 0.29) is 0 Å². The fourth-order valence-electron chi connectivity index (χ4n) is 2.08. The highest BCUT2D eigenvalue weighted by atomic mass is 35.5. The first-order valence-corrected chi connectivity index (χ1v) is 7.77. The smallest absolute Gasteiger partial charge is 0.183 e. The number of aromatic nitrogens is 4. The molecule has 108 valence electrons. The normalized spacial score (nSPS) is 10.8. The number of hydrogen-bond donors (Lipinski definition) is 1. The van der Waals surface area contributed by atoms with Crippen LogP contribution in [0.2, 0.25) is 4.47 Å². The molecule has 21 heavy (non-hydrogen) atoms. The van der Waals surface area contributed by atoms with E-state index in [4.69, 9.17) is 11.6 Å². The van der Waals surface area contributed by atoms with Gasteiger partial charge in [-0.15, -0.1) is 21.5 Å². The Balaban J connectivity index is 1.83. The largest absolute Gasteiger partial charge is 0.380 e. The molecule has 0 aliphatic rings. The van der Waals surface area contributed by atoms with Gasteiger partial charge in [-0.25, -0.2) is 4.98 Å². The van der Waals surface area contributed by atoms with E-state index in [1.54, 1.807) is 18.9 Å². The summed E-state index contributed by atoms with van der Waals surface area (Å²) >= 11 is 7.34. The van der Waals surface area contributed by atoms with E-state index in [9.17, 15) is 0 Å². The second kappa shape index (κ2) is 6.24. The van der Waals surface area contributed by atoms with E-state index >= 15 is 0 Å². The molecule has 0 saturated heterocycles. The summed E-state index contributed by atoms with van der Waals surface area (Å²) in [6.45, 7) is 2.85. The molecule has 3 aromatic rings. The number of aryl methyl sites for hydroxylation is 1. The van der Waals surface area contributed by atoms with Gasteiger partial charge in [0.2, 0.25) is 0 Å². The minimum Gasteiger partial charge on any atom is -0.380 e. The quantitative estimate of drug-likeness (QED) is 0.781. The van der Waals surface area contributed by atoms with Gasteiger partial charge in [0, 0.05) is 16.8 Å². The Hall–Kier alpha value is -1.92. The average Bonchev–Trinajstić information content (AvgIpc) is 3.16. The van der Waals surface area contributed by atoms with Gasteiger partial charge >= 0.3 is 0 Å². The van der Waals surface area contributed by atoms with Crippen LogP contribution in [0.1, 0.15) is 17.4 Å². The zero-order chi connectivity index (χ0) is 14.7. The van der Waals surface area contributed by atoms with Crippen LogP contribution in [0.5, 0.6) is 0 Å². The maximum absolute atomic E-state index is 5.86. The summed E-state index contributed by atoms with van der Waals surface area (Å²) in [7, 11) is 0. The van der Waals surface area contributed by atoms with Crippen LogP contribution in [0.25, 0.3) is 5.69 Å². The highest BCUT2D eigenvalue weighted by Crippen LogP contribution is 2.23. The lowest BCUT2D eigenvalue weighted by molar-refractivity contribution is 1.04. The van der Waals surface area contributed by atoms with E-state index in [0.29, 0.717) is 11.0 Å². The second-order valence-corrected chi connectivity index (χ2v) is 6.19. The van der Waals surface area contributed by atoms with Gasteiger partial charge in [-0.05, 0) is 24.1 Å². The van der Waals surface area contributed by atoms with Crippen LogP contribution in [0.15, 0.2) is 37.1 Å². The SMILES string of the molecule is CCc1ccc(-n2cnnc2)cc1NCc1cnc(Cl)s1. The van der Waals surface area contributed by atoms with E-state index < -0.39 is 0 Å². The molecule has 0 bridgehead atoms. The van der Waals surface area contributed by atoms with Crippen LogP contribution in [0.4, 0.5) is 5.69 Å². The molecule has 2 aromatic heterocycles. The van der Waals surface area contributed by atoms with E-state index in [1.807, 2.05) is 4.57 Å². The van der Waals surface area contributed by atoms with Crippen LogP contribution in [0, 0.1) is 0 Å². The lowest BCUT2D eigenvalue weighted by atomic mass is 10.1. The Labute approximate surface area is 131 Å². The summed E-state index contributed by atoms with van der Waals surface area (Å²) in [4.78, 5) is 5.16. The molecule has 1 N–H and O–H groups in total. The van der Waals surface area contributed by atoms with Gasteiger partial charge in [0.15, 0.2) is 4.47 Å². The molecule has 0 atom stereocenters. The van der Waals surface area contributed by atoms with Crippen LogP contribution < -0.4 is 5.32 Å². The van der Waals surface area contributed by atoms with Crippen molar-refractivity contribution in [3.8, 4) is 5.69 Å². The summed E-state index contributed by atoms with van der Waals surface area (Å²) in [5.74, 6) is 0. The second-order valence-electron chi connectivity index (χ2n) is 4.50. The van der Waals surface area contributed by atoms with Crippen LogP contribution >= 0.6 is 22.9 Å². The molecule has 0 saturated carbocycles. The maximum Gasteiger partial charge on any atom is 0.183 e. The molecule has 0 radical (unpaired) electrons. The number of anilines is 1. The van der Waals surface area contributed by atoms with Crippen LogP contribution in [-0.2, 0) is 13.0 Å². The van der Waals surface area contributed by atoms with Crippen molar-refractivity contribution in [1.29, 1.82) is 0 Å². The first-order valence-electron chi connectivity index (χ1n) is 6.58. The summed E-state index contributed by atoms with van der Waals surface area (Å²) in [5, 5.41) is 11.1. The van der Waals surface area contributed by atoms with Gasteiger partial charge in [-0.3, -0.25) is 4.57 Å². The average molecular weight is 320 g/mol. The van der Waals surface area contributed by atoms with E-state index in [2.05, 4.69) is 45.6 Å². The molecule has 0 amide bonds. The third-order valence-corrected chi connectivity index (χ3v) is 4.28. The highest BCUT2D eigenvalue weighted by Gasteiger charge is 2.06. The number of rotatable bonds is 5. The number of hydrogen-bond acceptors (Lipinski definition) is 5. The maximum atomic E-state index is 5.86. The number of thiazole rings is 1. The van der Waals surface area contributed by atoms with Gasteiger partial charge in [-0.2, -0.15) is 0 Å². The van der Waals surface area contributed by atoms with Crippen molar-refractivity contribution in [3.05, 3.63) is 52.0 Å². The Bertz CT molecular complexity index is 723. The van der Waals surface area contributed by atoms with E-state index in [1.165, 1.54) is 16.9 Å². The summed E-state index contributed by atoms with van der Waals surface area (Å²) in [5.41, 5.74) is 3.40. The van der Waals surface area contributed by atoms with Gasteiger partial charge in [0.05, 0.1) is 12.2 Å². The van der Waals surface area contributed by atoms with Crippen molar-refractivity contribution in [2.24, 2.45) is 0 Å². The zero-order valence-corrected chi connectivity index (χ0v) is 13.0.